The third kappa shape index (κ3) is 1.06. The zero-order valence-corrected chi connectivity index (χ0v) is 7.15. The van der Waals surface area contributed by atoms with Crippen LogP contribution in [0.3, 0.4) is 0 Å². The Balaban J connectivity index is 2.37. The molecule has 0 saturated heterocycles. The second-order valence-corrected chi connectivity index (χ2v) is 3.61. The van der Waals surface area contributed by atoms with Crippen LogP contribution in [0, 0.1) is 12.8 Å². The van der Waals surface area contributed by atoms with Crippen LogP contribution >= 0.6 is 0 Å². The van der Waals surface area contributed by atoms with E-state index in [0.29, 0.717) is 0 Å². The number of H-pyrrole nitrogens is 1. The largest absolute Gasteiger partial charge is 0.282 e. The lowest BCUT2D eigenvalue weighted by molar-refractivity contribution is 0.496. The molecule has 0 bridgehead atoms. The molecule has 1 aromatic heterocycles. The first kappa shape index (κ1) is 6.89. The van der Waals surface area contributed by atoms with Crippen molar-refractivity contribution in [2.75, 3.05) is 0 Å². The summed E-state index contributed by atoms with van der Waals surface area (Å²) in [5.41, 5.74) is 4.05. The molecule has 1 atom stereocenters. The molecular formula is C9H14N2. The Morgan fingerprint density at radius 3 is 3.18 bits per heavy atom. The monoisotopic (exact) mass is 150 g/mol. The fourth-order valence-electron chi connectivity index (χ4n) is 1.82. The van der Waals surface area contributed by atoms with E-state index in [1.54, 1.807) is 0 Å². The first-order valence-corrected chi connectivity index (χ1v) is 4.30. The van der Waals surface area contributed by atoms with Gasteiger partial charge in [0.25, 0.3) is 0 Å². The van der Waals surface area contributed by atoms with Gasteiger partial charge in [-0.15, -0.1) is 0 Å². The fourth-order valence-corrected chi connectivity index (χ4v) is 1.82. The average Bonchev–Trinajstić information content (AvgIpc) is 2.33. The van der Waals surface area contributed by atoms with Crippen LogP contribution < -0.4 is 0 Å². The minimum Gasteiger partial charge on any atom is -0.282 e. The Morgan fingerprint density at radius 2 is 2.36 bits per heavy atom. The molecule has 1 aliphatic carbocycles. The zero-order chi connectivity index (χ0) is 7.84. The highest BCUT2D eigenvalue weighted by molar-refractivity contribution is 5.26. The highest BCUT2D eigenvalue weighted by Gasteiger charge is 2.18. The molecule has 1 aromatic rings. The summed E-state index contributed by atoms with van der Waals surface area (Å²) in [7, 11) is 0. The van der Waals surface area contributed by atoms with Crippen LogP contribution in [0.4, 0.5) is 0 Å². The van der Waals surface area contributed by atoms with Gasteiger partial charge in [0.2, 0.25) is 0 Å². The summed E-state index contributed by atoms with van der Waals surface area (Å²) in [4.78, 5) is 0. The summed E-state index contributed by atoms with van der Waals surface area (Å²) >= 11 is 0. The van der Waals surface area contributed by atoms with E-state index < -0.39 is 0 Å². The van der Waals surface area contributed by atoms with Crippen molar-refractivity contribution in [1.82, 2.24) is 10.2 Å². The second-order valence-electron chi connectivity index (χ2n) is 3.61. The Labute approximate surface area is 67.0 Å². The van der Waals surface area contributed by atoms with Gasteiger partial charge in [-0.3, -0.25) is 5.10 Å². The lowest BCUT2D eigenvalue weighted by Crippen LogP contribution is -2.10. The highest BCUT2D eigenvalue weighted by Crippen LogP contribution is 2.25. The van der Waals surface area contributed by atoms with E-state index in [2.05, 4.69) is 24.0 Å². The van der Waals surface area contributed by atoms with Crippen molar-refractivity contribution in [2.45, 2.75) is 33.1 Å². The molecular weight excluding hydrogens is 136 g/mol. The average molecular weight is 150 g/mol. The van der Waals surface area contributed by atoms with Crippen molar-refractivity contribution >= 4 is 0 Å². The van der Waals surface area contributed by atoms with Gasteiger partial charge in [0, 0.05) is 5.69 Å². The van der Waals surface area contributed by atoms with Gasteiger partial charge in [-0.05, 0) is 37.7 Å². The SMILES string of the molecule is Cc1n[nH]c2c1CC(C)CC2. The smallest absolute Gasteiger partial charge is 0.0626 e. The first-order chi connectivity index (χ1) is 5.27. The van der Waals surface area contributed by atoms with Gasteiger partial charge in [-0.2, -0.15) is 5.10 Å². The molecule has 2 rings (SSSR count). The van der Waals surface area contributed by atoms with Gasteiger partial charge >= 0.3 is 0 Å². The number of aromatic amines is 1. The number of fused-ring (bicyclic) bond motifs is 1. The summed E-state index contributed by atoms with van der Waals surface area (Å²) in [6.45, 7) is 4.41. The molecule has 0 radical (unpaired) electrons. The Morgan fingerprint density at radius 1 is 1.55 bits per heavy atom. The van der Waals surface area contributed by atoms with E-state index in [-0.39, 0.29) is 0 Å². The van der Waals surface area contributed by atoms with E-state index in [9.17, 15) is 0 Å². The molecule has 0 aromatic carbocycles. The molecule has 1 N–H and O–H groups in total. The predicted molar refractivity (Wildman–Crippen MR) is 44.5 cm³/mol. The third-order valence-electron chi connectivity index (χ3n) is 2.60. The standard InChI is InChI=1S/C9H14N2/c1-6-3-4-9-8(5-6)7(2)10-11-9/h6H,3-5H2,1-2H3,(H,10,11). The van der Waals surface area contributed by atoms with E-state index >= 15 is 0 Å². The maximum absolute atomic E-state index is 4.21. The normalized spacial score (nSPS) is 23.3. The predicted octanol–water partition coefficient (Wildman–Crippen LogP) is 1.84. The first-order valence-electron chi connectivity index (χ1n) is 4.30. The topological polar surface area (TPSA) is 28.7 Å². The van der Waals surface area contributed by atoms with Gasteiger partial charge in [-0.25, -0.2) is 0 Å². The van der Waals surface area contributed by atoms with Crippen LogP contribution in [-0.4, -0.2) is 10.2 Å². The van der Waals surface area contributed by atoms with Crippen molar-refractivity contribution in [1.29, 1.82) is 0 Å². The van der Waals surface area contributed by atoms with Crippen LogP contribution in [0.5, 0.6) is 0 Å². The Kier molecular flexibility index (Phi) is 1.48. The minimum atomic E-state index is 0.846. The number of hydrogen-bond donors (Lipinski definition) is 1. The molecule has 11 heavy (non-hydrogen) atoms. The zero-order valence-electron chi connectivity index (χ0n) is 7.15. The molecule has 0 spiro atoms. The fraction of sp³-hybridized carbons (Fsp3) is 0.667. The van der Waals surface area contributed by atoms with Crippen LogP contribution in [0.1, 0.15) is 30.3 Å². The van der Waals surface area contributed by atoms with Gasteiger partial charge in [0.15, 0.2) is 0 Å². The van der Waals surface area contributed by atoms with Crippen LogP contribution in [0.25, 0.3) is 0 Å². The van der Waals surface area contributed by atoms with Crippen molar-refractivity contribution in [3.05, 3.63) is 17.0 Å². The van der Waals surface area contributed by atoms with Gasteiger partial charge in [0.1, 0.15) is 0 Å². The molecule has 2 nitrogen and oxygen atoms in total. The Bertz CT molecular complexity index is 263. The summed E-state index contributed by atoms with van der Waals surface area (Å²) < 4.78 is 0. The molecule has 0 aliphatic heterocycles. The number of hydrogen-bond acceptors (Lipinski definition) is 1. The molecule has 0 amide bonds. The summed E-state index contributed by atoms with van der Waals surface area (Å²) in [5.74, 6) is 0.846. The van der Waals surface area contributed by atoms with E-state index in [1.807, 2.05) is 0 Å². The van der Waals surface area contributed by atoms with E-state index in [0.717, 1.165) is 5.92 Å². The minimum absolute atomic E-state index is 0.846. The maximum atomic E-state index is 4.21. The van der Waals surface area contributed by atoms with Gasteiger partial charge in [0.05, 0.1) is 5.69 Å². The lowest BCUT2D eigenvalue weighted by Gasteiger charge is -2.17. The second kappa shape index (κ2) is 2.36. The van der Waals surface area contributed by atoms with E-state index in [4.69, 9.17) is 0 Å². The number of aryl methyl sites for hydroxylation is 2. The molecule has 60 valence electrons. The van der Waals surface area contributed by atoms with Crippen molar-refractivity contribution < 1.29 is 0 Å². The van der Waals surface area contributed by atoms with Gasteiger partial charge in [-0.1, -0.05) is 6.92 Å². The molecule has 0 saturated carbocycles. The quantitative estimate of drug-likeness (QED) is 0.600. The van der Waals surface area contributed by atoms with Gasteiger partial charge < -0.3 is 0 Å². The van der Waals surface area contributed by atoms with Crippen LogP contribution in [0.15, 0.2) is 0 Å². The lowest BCUT2D eigenvalue weighted by atomic mass is 9.88. The summed E-state index contributed by atoms with van der Waals surface area (Å²) in [6, 6.07) is 0. The molecule has 0 fully saturated rings. The highest BCUT2D eigenvalue weighted by atomic mass is 15.1. The summed E-state index contributed by atoms with van der Waals surface area (Å²) in [6.07, 6.45) is 3.73. The van der Waals surface area contributed by atoms with Crippen molar-refractivity contribution in [3.63, 3.8) is 0 Å². The maximum Gasteiger partial charge on any atom is 0.0626 e. The third-order valence-corrected chi connectivity index (χ3v) is 2.60. The molecule has 1 aliphatic rings. The van der Waals surface area contributed by atoms with Crippen LogP contribution in [0.2, 0.25) is 0 Å². The summed E-state index contributed by atoms with van der Waals surface area (Å²) in [5, 5.41) is 7.30. The number of nitrogens with zero attached hydrogens (tertiary/aromatic N) is 1. The number of aromatic nitrogens is 2. The van der Waals surface area contributed by atoms with Crippen molar-refractivity contribution in [2.24, 2.45) is 5.92 Å². The molecule has 1 unspecified atom stereocenters. The molecule has 2 heteroatoms. The number of nitrogens with one attached hydrogen (secondary N) is 1. The van der Waals surface area contributed by atoms with Crippen molar-refractivity contribution in [3.8, 4) is 0 Å². The molecule has 1 heterocycles. The number of rotatable bonds is 0. The Hall–Kier alpha value is -0.790. The van der Waals surface area contributed by atoms with Crippen LogP contribution in [-0.2, 0) is 12.8 Å². The van der Waals surface area contributed by atoms with E-state index in [1.165, 1.54) is 36.2 Å².